The van der Waals surface area contributed by atoms with Gasteiger partial charge in [-0.05, 0) is 6.92 Å². The molecule has 0 unspecified atom stereocenters. The number of ether oxygens (including phenoxy) is 1. The van der Waals surface area contributed by atoms with Gasteiger partial charge in [0.05, 0.1) is 12.8 Å². The van der Waals surface area contributed by atoms with Gasteiger partial charge < -0.3 is 9.15 Å². The average Bonchev–Trinajstić information content (AvgIpc) is 2.53. The largest absolute Gasteiger partial charge is 0.463 e. The van der Waals surface area contributed by atoms with E-state index >= 15 is 0 Å². The number of hydrogen-bond donors (Lipinski definition) is 0. The molecule has 0 bridgehead atoms. The molecule has 0 N–H and O–H groups in total. The summed E-state index contributed by atoms with van der Waals surface area (Å²) in [6.45, 7) is 2.12. The van der Waals surface area contributed by atoms with E-state index in [0.717, 1.165) is 0 Å². The molecule has 0 amide bonds. The van der Waals surface area contributed by atoms with Crippen LogP contribution in [0.3, 0.4) is 0 Å². The first-order valence-corrected chi connectivity index (χ1v) is 3.57. The van der Waals surface area contributed by atoms with Crippen LogP contribution in [0.15, 0.2) is 23.0 Å². The van der Waals surface area contributed by atoms with E-state index in [1.165, 1.54) is 24.6 Å². The Balaban J connectivity index is 2.45. The van der Waals surface area contributed by atoms with Crippen molar-refractivity contribution in [3.8, 4) is 0 Å². The van der Waals surface area contributed by atoms with Crippen LogP contribution in [0.25, 0.3) is 6.08 Å². The fourth-order valence-corrected chi connectivity index (χ4v) is 0.646. The van der Waals surface area contributed by atoms with Gasteiger partial charge in [-0.3, -0.25) is 0 Å². The SMILES string of the molecule is CCOC(=O)/C=C/c1ncco1. The van der Waals surface area contributed by atoms with E-state index in [2.05, 4.69) is 9.72 Å². The zero-order chi connectivity index (χ0) is 8.81. The first kappa shape index (κ1) is 8.52. The standard InChI is InChI=1S/C8H9NO3/c1-2-11-8(10)4-3-7-9-5-6-12-7/h3-6H,2H2,1H3/b4-3+. The van der Waals surface area contributed by atoms with Gasteiger partial charge in [-0.2, -0.15) is 0 Å². The molecule has 0 fully saturated rings. The fourth-order valence-electron chi connectivity index (χ4n) is 0.646. The number of aromatic nitrogens is 1. The summed E-state index contributed by atoms with van der Waals surface area (Å²) in [7, 11) is 0. The minimum Gasteiger partial charge on any atom is -0.463 e. The summed E-state index contributed by atoms with van der Waals surface area (Å²) in [5.74, 6) is -0.00115. The van der Waals surface area contributed by atoms with Crippen LogP contribution in [0.2, 0.25) is 0 Å². The predicted molar refractivity (Wildman–Crippen MR) is 42.2 cm³/mol. The molecule has 0 spiro atoms. The van der Waals surface area contributed by atoms with Gasteiger partial charge in [0.25, 0.3) is 0 Å². The van der Waals surface area contributed by atoms with Crippen LogP contribution in [0.1, 0.15) is 12.8 Å². The van der Waals surface area contributed by atoms with Crippen molar-refractivity contribution in [3.63, 3.8) is 0 Å². The Hall–Kier alpha value is -1.58. The summed E-state index contributed by atoms with van der Waals surface area (Å²) >= 11 is 0. The summed E-state index contributed by atoms with van der Waals surface area (Å²) in [5, 5.41) is 0. The summed E-state index contributed by atoms with van der Waals surface area (Å²) in [5.41, 5.74) is 0. The third-order valence-corrected chi connectivity index (χ3v) is 1.10. The van der Waals surface area contributed by atoms with Crippen molar-refractivity contribution in [1.29, 1.82) is 0 Å². The Labute approximate surface area is 69.9 Å². The first-order chi connectivity index (χ1) is 5.83. The maximum Gasteiger partial charge on any atom is 0.330 e. The molecule has 1 rings (SSSR count). The highest BCUT2D eigenvalue weighted by Gasteiger charge is 1.94. The molecule has 1 heterocycles. The van der Waals surface area contributed by atoms with E-state index in [1.807, 2.05) is 0 Å². The topological polar surface area (TPSA) is 52.3 Å². The van der Waals surface area contributed by atoms with Crippen molar-refractivity contribution in [3.05, 3.63) is 24.4 Å². The monoisotopic (exact) mass is 167 g/mol. The van der Waals surface area contributed by atoms with Crippen LogP contribution in [-0.4, -0.2) is 17.6 Å². The van der Waals surface area contributed by atoms with E-state index in [-0.39, 0.29) is 0 Å². The van der Waals surface area contributed by atoms with Crippen molar-refractivity contribution in [2.75, 3.05) is 6.61 Å². The van der Waals surface area contributed by atoms with E-state index in [1.54, 1.807) is 6.92 Å². The molecule has 1 aromatic rings. The molecule has 4 heteroatoms. The molecular formula is C8H9NO3. The lowest BCUT2D eigenvalue weighted by Crippen LogP contribution is -1.98. The number of hydrogen-bond acceptors (Lipinski definition) is 4. The molecule has 0 aromatic carbocycles. The van der Waals surface area contributed by atoms with Crippen LogP contribution in [0, 0.1) is 0 Å². The highest BCUT2D eigenvalue weighted by molar-refractivity contribution is 5.86. The minimum absolute atomic E-state index is 0.370. The van der Waals surface area contributed by atoms with Crippen molar-refractivity contribution in [2.45, 2.75) is 6.92 Å². The van der Waals surface area contributed by atoms with Crippen LogP contribution < -0.4 is 0 Å². The third kappa shape index (κ3) is 2.57. The van der Waals surface area contributed by atoms with Crippen molar-refractivity contribution >= 4 is 12.0 Å². The van der Waals surface area contributed by atoms with Crippen molar-refractivity contribution < 1.29 is 13.9 Å². The van der Waals surface area contributed by atoms with Gasteiger partial charge in [-0.25, -0.2) is 9.78 Å². The van der Waals surface area contributed by atoms with Crippen LogP contribution in [-0.2, 0) is 9.53 Å². The lowest BCUT2D eigenvalue weighted by Gasteiger charge is -1.92. The number of carbonyl (C=O) groups excluding carboxylic acids is 1. The molecule has 0 aliphatic heterocycles. The Morgan fingerprint density at radius 2 is 2.67 bits per heavy atom. The average molecular weight is 167 g/mol. The van der Waals surface area contributed by atoms with Gasteiger partial charge in [-0.1, -0.05) is 0 Å². The van der Waals surface area contributed by atoms with E-state index in [9.17, 15) is 4.79 Å². The Morgan fingerprint density at radius 3 is 3.25 bits per heavy atom. The maximum atomic E-state index is 10.8. The highest BCUT2D eigenvalue weighted by Crippen LogP contribution is 1.97. The van der Waals surface area contributed by atoms with Gasteiger partial charge in [-0.15, -0.1) is 0 Å². The summed E-state index contributed by atoms with van der Waals surface area (Å²) < 4.78 is 9.50. The van der Waals surface area contributed by atoms with Crippen LogP contribution >= 0.6 is 0 Å². The molecule has 0 saturated carbocycles. The first-order valence-electron chi connectivity index (χ1n) is 3.57. The molecule has 1 aromatic heterocycles. The molecule has 0 radical (unpaired) electrons. The summed E-state index contributed by atoms with van der Waals surface area (Å²) in [6.07, 6.45) is 5.67. The highest BCUT2D eigenvalue weighted by atomic mass is 16.5. The van der Waals surface area contributed by atoms with E-state index in [4.69, 9.17) is 4.42 Å². The molecule has 0 aliphatic rings. The maximum absolute atomic E-state index is 10.8. The molecule has 12 heavy (non-hydrogen) atoms. The van der Waals surface area contributed by atoms with E-state index < -0.39 is 5.97 Å². The minimum atomic E-state index is -0.393. The van der Waals surface area contributed by atoms with Crippen molar-refractivity contribution in [1.82, 2.24) is 4.98 Å². The molecular weight excluding hydrogens is 158 g/mol. The molecule has 64 valence electrons. The van der Waals surface area contributed by atoms with Crippen molar-refractivity contribution in [2.24, 2.45) is 0 Å². The normalized spacial score (nSPS) is 10.4. The second-order valence-electron chi connectivity index (χ2n) is 1.96. The fraction of sp³-hybridized carbons (Fsp3) is 0.250. The van der Waals surface area contributed by atoms with Gasteiger partial charge in [0.2, 0.25) is 5.89 Å². The molecule has 0 aliphatic carbocycles. The van der Waals surface area contributed by atoms with Crippen LogP contribution in [0.4, 0.5) is 0 Å². The number of rotatable bonds is 3. The lowest BCUT2D eigenvalue weighted by molar-refractivity contribution is -0.137. The Morgan fingerprint density at radius 1 is 1.83 bits per heavy atom. The van der Waals surface area contributed by atoms with Gasteiger partial charge in [0.15, 0.2) is 0 Å². The second-order valence-corrected chi connectivity index (χ2v) is 1.96. The zero-order valence-corrected chi connectivity index (χ0v) is 6.69. The molecule has 0 atom stereocenters. The number of oxazole rings is 1. The van der Waals surface area contributed by atoms with Gasteiger partial charge >= 0.3 is 5.97 Å². The van der Waals surface area contributed by atoms with Gasteiger partial charge in [0.1, 0.15) is 6.26 Å². The number of esters is 1. The zero-order valence-electron chi connectivity index (χ0n) is 6.69. The second kappa shape index (κ2) is 4.33. The van der Waals surface area contributed by atoms with Gasteiger partial charge in [0, 0.05) is 12.2 Å². The quantitative estimate of drug-likeness (QED) is 0.502. The van der Waals surface area contributed by atoms with E-state index in [0.29, 0.717) is 12.5 Å². The molecule has 0 saturated heterocycles. The summed E-state index contributed by atoms with van der Waals surface area (Å²) in [6, 6.07) is 0. The Kier molecular flexibility index (Phi) is 3.07. The number of nitrogens with zero attached hydrogens (tertiary/aromatic N) is 1. The number of carbonyl (C=O) groups is 1. The third-order valence-electron chi connectivity index (χ3n) is 1.10. The smallest absolute Gasteiger partial charge is 0.330 e. The predicted octanol–water partition coefficient (Wildman–Crippen LogP) is 1.25. The Bertz CT molecular complexity index is 264. The van der Waals surface area contributed by atoms with Crippen LogP contribution in [0.5, 0.6) is 0 Å². The summed E-state index contributed by atoms with van der Waals surface area (Å²) in [4.78, 5) is 14.5. The lowest BCUT2D eigenvalue weighted by atomic mass is 10.5. The molecule has 4 nitrogen and oxygen atoms in total.